The Kier molecular flexibility index (Phi) is 3.96. The van der Waals surface area contributed by atoms with Crippen LogP contribution in [0.2, 0.25) is 0 Å². The normalized spacial score (nSPS) is 10.7. The molecule has 3 aromatic carbocycles. The minimum absolute atomic E-state index is 0.0774. The number of nitrogens with zero attached hydrogens (tertiary/aromatic N) is 4. The monoisotopic (exact) mass is 328 g/mol. The first-order chi connectivity index (χ1) is 12.3. The third kappa shape index (κ3) is 2.99. The quantitative estimate of drug-likeness (QED) is 0.573. The number of rotatable bonds is 4. The van der Waals surface area contributed by atoms with E-state index in [0.29, 0.717) is 5.56 Å². The van der Waals surface area contributed by atoms with E-state index in [2.05, 4.69) is 10.3 Å². The molecule has 0 N–H and O–H groups in total. The molecule has 4 rings (SSSR count). The smallest absolute Gasteiger partial charge is 0.259 e. The lowest BCUT2D eigenvalue weighted by molar-refractivity contribution is 0.0978. The molecule has 0 bridgehead atoms. The van der Waals surface area contributed by atoms with Gasteiger partial charge in [0.2, 0.25) is 0 Å². The number of fused-ring (bicyclic) bond motifs is 1. The Morgan fingerprint density at radius 2 is 1.48 bits per heavy atom. The summed E-state index contributed by atoms with van der Waals surface area (Å²) in [7, 11) is 0. The van der Waals surface area contributed by atoms with Gasteiger partial charge in [0.1, 0.15) is 12.2 Å². The number of aromatic nitrogens is 3. The van der Waals surface area contributed by atoms with Crippen LogP contribution in [-0.4, -0.2) is 20.9 Å². The summed E-state index contributed by atoms with van der Waals surface area (Å²) in [5, 5.41) is 8.38. The van der Waals surface area contributed by atoms with E-state index >= 15 is 0 Å². The fraction of sp³-hybridized carbons (Fsp3) is 0.0500. The summed E-state index contributed by atoms with van der Waals surface area (Å²) < 4.78 is 1.74. The maximum absolute atomic E-state index is 13.1. The van der Waals surface area contributed by atoms with Gasteiger partial charge in [0.25, 0.3) is 5.91 Å². The predicted molar refractivity (Wildman–Crippen MR) is 97.2 cm³/mol. The second-order valence-electron chi connectivity index (χ2n) is 5.65. The molecule has 5 nitrogen and oxygen atoms in total. The summed E-state index contributed by atoms with van der Waals surface area (Å²) in [5.74, 6) is -0.0774. The zero-order valence-electron chi connectivity index (χ0n) is 13.5. The first-order valence-electron chi connectivity index (χ1n) is 8.03. The van der Waals surface area contributed by atoms with E-state index in [0.717, 1.165) is 16.7 Å². The SMILES string of the molecule is O=C(c1ccccc1)N(Cn1nnc2ccccc21)c1ccccc1. The highest BCUT2D eigenvalue weighted by molar-refractivity contribution is 6.05. The highest BCUT2D eigenvalue weighted by Crippen LogP contribution is 2.19. The second kappa shape index (κ2) is 6.57. The van der Waals surface area contributed by atoms with Crippen LogP contribution in [0.3, 0.4) is 0 Å². The minimum Gasteiger partial charge on any atom is -0.288 e. The molecule has 1 aromatic heterocycles. The van der Waals surface area contributed by atoms with Gasteiger partial charge in [-0.15, -0.1) is 5.10 Å². The van der Waals surface area contributed by atoms with Gasteiger partial charge in [-0.3, -0.25) is 9.69 Å². The Morgan fingerprint density at radius 3 is 2.24 bits per heavy atom. The molecule has 0 saturated carbocycles. The zero-order valence-corrected chi connectivity index (χ0v) is 13.5. The number of hydrogen-bond acceptors (Lipinski definition) is 3. The molecular formula is C20H16N4O. The van der Waals surface area contributed by atoms with Crippen molar-refractivity contribution in [2.45, 2.75) is 6.67 Å². The van der Waals surface area contributed by atoms with Crippen LogP contribution < -0.4 is 4.90 Å². The Morgan fingerprint density at radius 1 is 0.840 bits per heavy atom. The summed E-state index contributed by atoms with van der Waals surface area (Å²) in [4.78, 5) is 14.8. The van der Waals surface area contributed by atoms with Gasteiger partial charge in [-0.05, 0) is 36.4 Å². The van der Waals surface area contributed by atoms with Crippen molar-refractivity contribution >= 4 is 22.6 Å². The summed E-state index contributed by atoms with van der Waals surface area (Å²) in [6.45, 7) is 0.290. The lowest BCUT2D eigenvalue weighted by Gasteiger charge is -2.23. The molecule has 0 aliphatic heterocycles. The molecule has 5 heteroatoms. The average Bonchev–Trinajstić information content (AvgIpc) is 3.10. The van der Waals surface area contributed by atoms with Gasteiger partial charge in [0, 0.05) is 11.3 Å². The van der Waals surface area contributed by atoms with Crippen molar-refractivity contribution in [3.63, 3.8) is 0 Å². The summed E-state index contributed by atoms with van der Waals surface area (Å²) >= 11 is 0. The number of carbonyl (C=O) groups excluding carboxylic acids is 1. The molecule has 0 fully saturated rings. The van der Waals surface area contributed by atoms with Crippen LogP contribution in [0.5, 0.6) is 0 Å². The van der Waals surface area contributed by atoms with Crippen LogP contribution in [0.4, 0.5) is 5.69 Å². The van der Waals surface area contributed by atoms with Crippen LogP contribution >= 0.6 is 0 Å². The molecule has 0 atom stereocenters. The molecule has 0 saturated heterocycles. The Hall–Kier alpha value is -3.47. The number of para-hydroxylation sites is 2. The number of carbonyl (C=O) groups is 1. The molecule has 25 heavy (non-hydrogen) atoms. The largest absolute Gasteiger partial charge is 0.288 e. The number of hydrogen-bond donors (Lipinski definition) is 0. The van der Waals surface area contributed by atoms with Gasteiger partial charge >= 0.3 is 0 Å². The average molecular weight is 328 g/mol. The zero-order chi connectivity index (χ0) is 17.1. The third-order valence-corrected chi connectivity index (χ3v) is 4.03. The second-order valence-corrected chi connectivity index (χ2v) is 5.65. The van der Waals surface area contributed by atoms with Crippen molar-refractivity contribution in [1.82, 2.24) is 15.0 Å². The lowest BCUT2D eigenvalue weighted by Crippen LogP contribution is -2.33. The van der Waals surface area contributed by atoms with E-state index in [9.17, 15) is 4.79 Å². The van der Waals surface area contributed by atoms with Gasteiger partial charge in [-0.1, -0.05) is 53.7 Å². The van der Waals surface area contributed by atoms with E-state index in [1.165, 1.54) is 0 Å². The lowest BCUT2D eigenvalue weighted by atomic mass is 10.2. The first kappa shape index (κ1) is 15.1. The van der Waals surface area contributed by atoms with Crippen LogP contribution in [-0.2, 0) is 6.67 Å². The highest BCUT2D eigenvalue weighted by atomic mass is 16.2. The maximum atomic E-state index is 13.1. The van der Waals surface area contributed by atoms with Crippen LogP contribution in [0.25, 0.3) is 11.0 Å². The van der Waals surface area contributed by atoms with Gasteiger partial charge < -0.3 is 0 Å². The van der Waals surface area contributed by atoms with E-state index < -0.39 is 0 Å². The Labute approximate surface area is 145 Å². The third-order valence-electron chi connectivity index (χ3n) is 4.03. The van der Waals surface area contributed by atoms with Gasteiger partial charge in [-0.2, -0.15) is 0 Å². The maximum Gasteiger partial charge on any atom is 0.259 e. The fourth-order valence-electron chi connectivity index (χ4n) is 2.76. The molecule has 0 spiro atoms. The van der Waals surface area contributed by atoms with Gasteiger partial charge in [0.15, 0.2) is 0 Å². The molecule has 0 unspecified atom stereocenters. The van der Waals surface area contributed by atoms with Crippen molar-refractivity contribution in [1.29, 1.82) is 0 Å². The Balaban J connectivity index is 1.74. The molecular weight excluding hydrogens is 312 g/mol. The van der Waals surface area contributed by atoms with Gasteiger partial charge in [-0.25, -0.2) is 4.68 Å². The molecule has 122 valence electrons. The highest BCUT2D eigenvalue weighted by Gasteiger charge is 2.19. The molecule has 1 amide bonds. The standard InChI is InChI=1S/C20H16N4O/c25-20(16-9-3-1-4-10-16)23(17-11-5-2-6-12-17)15-24-19-14-8-7-13-18(19)21-22-24/h1-14H,15H2. The summed E-state index contributed by atoms with van der Waals surface area (Å²) in [6, 6.07) is 26.6. The number of amides is 1. The molecule has 0 aliphatic rings. The number of anilines is 1. The summed E-state index contributed by atoms with van der Waals surface area (Å²) in [6.07, 6.45) is 0. The molecule has 0 radical (unpaired) electrons. The number of benzene rings is 3. The van der Waals surface area contributed by atoms with Crippen LogP contribution in [0.1, 0.15) is 10.4 Å². The first-order valence-corrected chi connectivity index (χ1v) is 8.03. The van der Waals surface area contributed by atoms with Crippen molar-refractivity contribution in [2.75, 3.05) is 4.90 Å². The van der Waals surface area contributed by atoms with Crippen molar-refractivity contribution in [2.24, 2.45) is 0 Å². The Bertz CT molecular complexity index is 996. The predicted octanol–water partition coefficient (Wildman–Crippen LogP) is 3.74. The van der Waals surface area contributed by atoms with E-state index in [4.69, 9.17) is 0 Å². The summed E-state index contributed by atoms with van der Waals surface area (Å²) in [5.41, 5.74) is 3.15. The van der Waals surface area contributed by atoms with Crippen LogP contribution in [0.15, 0.2) is 84.9 Å². The molecule has 0 aliphatic carbocycles. The van der Waals surface area contributed by atoms with Crippen LogP contribution in [0, 0.1) is 0 Å². The van der Waals surface area contributed by atoms with E-state index in [1.54, 1.807) is 9.58 Å². The van der Waals surface area contributed by atoms with Crippen molar-refractivity contribution < 1.29 is 4.79 Å². The topological polar surface area (TPSA) is 51.0 Å². The van der Waals surface area contributed by atoms with E-state index in [-0.39, 0.29) is 12.6 Å². The van der Waals surface area contributed by atoms with E-state index in [1.807, 2.05) is 84.9 Å². The van der Waals surface area contributed by atoms with Gasteiger partial charge in [0.05, 0.1) is 5.52 Å². The minimum atomic E-state index is -0.0774. The molecule has 4 aromatic rings. The molecule has 1 heterocycles. The van der Waals surface area contributed by atoms with Crippen molar-refractivity contribution in [3.05, 3.63) is 90.5 Å². The van der Waals surface area contributed by atoms with Crippen molar-refractivity contribution in [3.8, 4) is 0 Å². The fourth-order valence-corrected chi connectivity index (χ4v) is 2.76.